The Labute approximate surface area is 139 Å². The fourth-order valence-electron chi connectivity index (χ4n) is 1.58. The minimum absolute atomic E-state index is 0. The van der Waals surface area contributed by atoms with Gasteiger partial charge in [-0.3, -0.25) is 0 Å². The smallest absolute Gasteiger partial charge is 0.335 e. The molecule has 0 heterocycles. The van der Waals surface area contributed by atoms with Gasteiger partial charge in [-0.15, -0.1) is 0 Å². The minimum atomic E-state index is -1.48. The summed E-state index contributed by atoms with van der Waals surface area (Å²) in [7, 11) is 0. The molecule has 0 aromatic heterocycles. The van der Waals surface area contributed by atoms with Gasteiger partial charge in [-0.25, -0.2) is 9.59 Å². The largest absolute Gasteiger partial charge is 0.606 e. The third-order valence-corrected chi connectivity index (χ3v) is 4.03. The Balaban J connectivity index is 0.00000220. The molecule has 2 aromatic rings. The van der Waals surface area contributed by atoms with Gasteiger partial charge in [0.2, 0.25) is 0 Å². The van der Waals surface area contributed by atoms with Gasteiger partial charge in [0, 0.05) is 11.2 Å². The Morgan fingerprint density at radius 3 is 1.29 bits per heavy atom. The quantitative estimate of drug-likeness (QED) is 0.655. The summed E-state index contributed by atoms with van der Waals surface area (Å²) in [5, 5.41) is 17.6. The maximum atomic E-state index is 12.2. The van der Waals surface area contributed by atoms with Crippen LogP contribution in [0.1, 0.15) is 20.7 Å². The van der Waals surface area contributed by atoms with E-state index in [1.54, 1.807) is 0 Å². The highest BCUT2D eigenvalue weighted by Crippen LogP contribution is 2.21. The third kappa shape index (κ3) is 4.21. The second-order valence-electron chi connectivity index (χ2n) is 3.93. The Morgan fingerprint density at radius 2 is 1.05 bits per heavy atom. The lowest BCUT2D eigenvalue weighted by Gasteiger charge is -2.10. The Kier molecular flexibility index (Phi) is 6.22. The fraction of sp³-hybridized carbons (Fsp3) is 0. The van der Waals surface area contributed by atoms with E-state index in [1.165, 1.54) is 48.5 Å². The predicted molar refractivity (Wildman–Crippen MR) is 80.0 cm³/mol. The molecule has 2 N–H and O–H groups in total. The van der Waals surface area contributed by atoms with Crippen LogP contribution < -0.4 is 0 Å². The molecule has 0 spiro atoms. The first-order valence-corrected chi connectivity index (χ1v) is 6.72. The lowest BCUT2D eigenvalue weighted by atomic mass is 10.2. The first kappa shape index (κ1) is 17.5. The number of hydrogen-bond donors (Lipinski definition) is 2. The maximum absolute atomic E-state index is 12.2. The molecule has 0 saturated carbocycles. The molecule has 0 amide bonds. The molecule has 0 atom stereocenters. The first-order chi connectivity index (χ1) is 9.49. The summed E-state index contributed by atoms with van der Waals surface area (Å²) in [4.78, 5) is 22.4. The molecule has 0 aliphatic heterocycles. The zero-order chi connectivity index (χ0) is 14.7. The van der Waals surface area contributed by atoms with Crippen LogP contribution in [0.25, 0.3) is 0 Å². The molecule has 0 fully saturated rings. The summed E-state index contributed by atoms with van der Waals surface area (Å²) in [5.41, 5.74) is 0.235. The number of carbonyl (C=O) groups is 2. The molecule has 2 rings (SSSR count). The Bertz CT molecular complexity index is 582. The van der Waals surface area contributed by atoms with E-state index in [-0.39, 0.29) is 34.2 Å². The maximum Gasteiger partial charge on any atom is 0.335 e. The number of benzene rings is 2. The lowest BCUT2D eigenvalue weighted by molar-refractivity contribution is 0.0686. The summed E-state index contributed by atoms with van der Waals surface area (Å²) in [6.07, 6.45) is 0. The molecule has 5 nitrogen and oxygen atoms in total. The van der Waals surface area contributed by atoms with Crippen molar-refractivity contribution in [1.82, 2.24) is 0 Å². The van der Waals surface area contributed by atoms with Gasteiger partial charge in [-0.2, -0.15) is 0 Å². The Morgan fingerprint density at radius 1 is 0.762 bits per heavy atom. The van der Waals surface area contributed by atoms with Gasteiger partial charge in [0.25, 0.3) is 0 Å². The molecule has 21 heavy (non-hydrogen) atoms. The van der Waals surface area contributed by atoms with Crippen LogP contribution in [0.4, 0.5) is 0 Å². The average Bonchev–Trinajstić information content (AvgIpc) is 2.46. The highest BCUT2D eigenvalue weighted by molar-refractivity contribution is 7.91. The second kappa shape index (κ2) is 7.46. The van der Waals surface area contributed by atoms with Gasteiger partial charge in [-0.1, -0.05) is 0 Å². The van der Waals surface area contributed by atoms with Crippen molar-refractivity contribution in [2.45, 2.75) is 9.79 Å². The zero-order valence-electron chi connectivity index (χ0n) is 10.1. The molecule has 106 valence electrons. The minimum Gasteiger partial charge on any atom is -0.606 e. The van der Waals surface area contributed by atoms with Crippen LogP contribution in [0.3, 0.4) is 0 Å². The van der Waals surface area contributed by atoms with E-state index >= 15 is 0 Å². The van der Waals surface area contributed by atoms with E-state index in [0.717, 1.165) is 0 Å². The molecule has 0 unspecified atom stereocenters. The van der Waals surface area contributed by atoms with Crippen LogP contribution in [0.5, 0.6) is 0 Å². The lowest BCUT2D eigenvalue weighted by Crippen LogP contribution is -2.04. The topological polar surface area (TPSA) is 97.7 Å². The first-order valence-electron chi connectivity index (χ1n) is 5.57. The summed E-state index contributed by atoms with van der Waals surface area (Å²) in [6, 6.07) is 11.4. The van der Waals surface area contributed by atoms with Crippen LogP contribution in [-0.2, 0) is 11.2 Å². The molecule has 0 bridgehead atoms. The number of aromatic carboxylic acids is 2. The van der Waals surface area contributed by atoms with Crippen molar-refractivity contribution in [2.24, 2.45) is 0 Å². The highest BCUT2D eigenvalue weighted by Gasteiger charge is 2.16. The van der Waals surface area contributed by atoms with Gasteiger partial charge in [0.1, 0.15) is 0 Å². The highest BCUT2D eigenvalue weighted by atomic mass is 32.2. The third-order valence-electron chi connectivity index (χ3n) is 2.63. The van der Waals surface area contributed by atoms with E-state index in [4.69, 9.17) is 10.2 Å². The van der Waals surface area contributed by atoms with Crippen molar-refractivity contribution in [3.8, 4) is 0 Å². The summed E-state index contributed by atoms with van der Waals surface area (Å²) in [5.74, 6) is -2.10. The van der Waals surface area contributed by atoms with E-state index in [9.17, 15) is 14.1 Å². The number of rotatable bonds is 4. The standard InChI is InChI=1S/C14H10O5S.Mg.2H/c15-13(16)9-1-5-11(6-2-9)20(19)12-7-3-10(4-8-12)14(17)18;;;/h1-8H,(H,15,16)(H,17,18);;;. The number of carboxylic acids is 2. The van der Waals surface area contributed by atoms with Crippen LogP contribution in [0.15, 0.2) is 58.3 Å². The van der Waals surface area contributed by atoms with Crippen LogP contribution in [-0.4, -0.2) is 49.8 Å². The predicted octanol–water partition coefficient (Wildman–Crippen LogP) is 1.33. The summed E-state index contributed by atoms with van der Waals surface area (Å²) < 4.78 is 12.2. The zero-order valence-corrected chi connectivity index (χ0v) is 11.0. The summed E-state index contributed by atoms with van der Waals surface area (Å²) in [6.45, 7) is 0. The summed E-state index contributed by atoms with van der Waals surface area (Å²) >= 11 is -1.48. The SMILES string of the molecule is O=C(O)c1ccc([S+]([O-])c2ccc(C(=O)O)cc2)cc1.[MgH2]. The Hall–Kier alpha value is -1.54. The van der Waals surface area contributed by atoms with Crippen molar-refractivity contribution in [3.63, 3.8) is 0 Å². The van der Waals surface area contributed by atoms with E-state index < -0.39 is 23.1 Å². The van der Waals surface area contributed by atoms with Crippen molar-refractivity contribution < 1.29 is 24.4 Å². The molecule has 0 saturated heterocycles. The monoisotopic (exact) mass is 316 g/mol. The van der Waals surface area contributed by atoms with Gasteiger partial charge in [0.15, 0.2) is 9.79 Å². The van der Waals surface area contributed by atoms with Crippen LogP contribution in [0, 0.1) is 0 Å². The molecule has 0 aliphatic carbocycles. The van der Waals surface area contributed by atoms with Crippen molar-refractivity contribution in [2.75, 3.05) is 0 Å². The van der Waals surface area contributed by atoms with Crippen molar-refractivity contribution in [1.29, 1.82) is 0 Å². The normalized spacial score (nSPS) is 10.0. The number of carboxylic acid groups (broad SMARTS) is 2. The van der Waals surface area contributed by atoms with Gasteiger partial charge < -0.3 is 14.8 Å². The van der Waals surface area contributed by atoms with Crippen LogP contribution in [0.2, 0.25) is 0 Å². The van der Waals surface area contributed by atoms with Gasteiger partial charge in [0.05, 0.1) is 11.1 Å². The van der Waals surface area contributed by atoms with E-state index in [2.05, 4.69) is 0 Å². The molecule has 0 aliphatic rings. The van der Waals surface area contributed by atoms with Crippen molar-refractivity contribution >= 4 is 46.2 Å². The van der Waals surface area contributed by atoms with Crippen molar-refractivity contribution in [3.05, 3.63) is 59.7 Å². The van der Waals surface area contributed by atoms with E-state index in [1.807, 2.05) is 0 Å². The van der Waals surface area contributed by atoms with Gasteiger partial charge >= 0.3 is 35.0 Å². The second-order valence-corrected chi connectivity index (χ2v) is 5.41. The molecular formula is C14H12MgO5S. The number of hydrogen-bond acceptors (Lipinski definition) is 3. The van der Waals surface area contributed by atoms with Gasteiger partial charge in [-0.05, 0) is 48.5 Å². The molecule has 0 radical (unpaired) electrons. The molecule has 2 aromatic carbocycles. The molecule has 7 heteroatoms. The fourth-order valence-corrected chi connectivity index (χ4v) is 2.62. The van der Waals surface area contributed by atoms with E-state index in [0.29, 0.717) is 9.79 Å². The molecular weight excluding hydrogens is 305 g/mol. The van der Waals surface area contributed by atoms with Crippen LogP contribution >= 0.6 is 0 Å². The average molecular weight is 317 g/mol.